The summed E-state index contributed by atoms with van der Waals surface area (Å²) in [7, 11) is 1.47. The van der Waals surface area contributed by atoms with E-state index < -0.39 is 11.5 Å². The van der Waals surface area contributed by atoms with Crippen LogP contribution in [0.15, 0.2) is 83.3 Å². The molecule has 0 aliphatic heterocycles. The minimum atomic E-state index is -0.720. The second-order valence-corrected chi connectivity index (χ2v) is 7.38. The fourth-order valence-corrected chi connectivity index (χ4v) is 3.25. The van der Waals surface area contributed by atoms with Gasteiger partial charge in [0.05, 0.1) is 12.8 Å². The van der Waals surface area contributed by atoms with E-state index in [-0.39, 0.29) is 17.0 Å². The van der Waals surface area contributed by atoms with E-state index in [0.29, 0.717) is 27.9 Å². The number of carbonyl (C=O) groups excluding carboxylic acids is 1. The number of fused-ring (bicyclic) bond motifs is 1. The fraction of sp³-hybridized carbons (Fsp3) is 0.0400. The van der Waals surface area contributed by atoms with Crippen molar-refractivity contribution in [1.82, 2.24) is 9.38 Å². The molecule has 4 aromatic rings. The summed E-state index contributed by atoms with van der Waals surface area (Å²) in [6, 6.07) is 20.1. The molecule has 1 amide bonds. The Balaban J connectivity index is 1.79. The van der Waals surface area contributed by atoms with E-state index in [0.717, 1.165) is 6.08 Å². The predicted molar refractivity (Wildman–Crippen MR) is 128 cm³/mol. The number of benzene rings is 2. The van der Waals surface area contributed by atoms with Gasteiger partial charge in [0.2, 0.25) is 5.88 Å². The molecule has 0 aliphatic rings. The maximum Gasteiger partial charge on any atom is 0.269 e. The van der Waals surface area contributed by atoms with E-state index in [4.69, 9.17) is 21.1 Å². The van der Waals surface area contributed by atoms with Crippen LogP contribution in [-0.4, -0.2) is 22.4 Å². The van der Waals surface area contributed by atoms with Crippen molar-refractivity contribution in [2.24, 2.45) is 0 Å². The van der Waals surface area contributed by atoms with Crippen LogP contribution in [-0.2, 0) is 4.79 Å². The molecule has 1 N–H and O–H groups in total. The number of anilines is 1. The van der Waals surface area contributed by atoms with Crippen LogP contribution in [0.25, 0.3) is 11.7 Å². The highest BCUT2D eigenvalue weighted by atomic mass is 35.5. The van der Waals surface area contributed by atoms with Crippen molar-refractivity contribution in [3.8, 4) is 23.4 Å². The SMILES string of the molecule is COc1ccccc1NC(=O)/C(C#N)=C\c1c(Oc2ccc(Cl)cc2)nc2ccccn2c1=O. The Morgan fingerprint density at radius 2 is 1.85 bits per heavy atom. The van der Waals surface area contributed by atoms with Gasteiger partial charge in [-0.3, -0.25) is 14.0 Å². The van der Waals surface area contributed by atoms with Gasteiger partial charge in [-0.1, -0.05) is 29.8 Å². The van der Waals surface area contributed by atoms with Crippen molar-refractivity contribution in [2.45, 2.75) is 0 Å². The largest absolute Gasteiger partial charge is 0.495 e. The first-order valence-corrected chi connectivity index (χ1v) is 10.4. The number of nitrogens with one attached hydrogen (secondary N) is 1. The summed E-state index contributed by atoms with van der Waals surface area (Å²) in [5, 5.41) is 12.8. The van der Waals surface area contributed by atoms with Crippen molar-refractivity contribution in [3.05, 3.63) is 99.4 Å². The summed E-state index contributed by atoms with van der Waals surface area (Å²) in [4.78, 5) is 30.5. The number of pyridine rings is 1. The molecule has 2 aromatic carbocycles. The zero-order valence-corrected chi connectivity index (χ0v) is 18.6. The number of methoxy groups -OCH3 is 1. The second kappa shape index (κ2) is 9.90. The molecule has 0 unspecified atom stereocenters. The van der Waals surface area contributed by atoms with Gasteiger partial charge in [-0.05, 0) is 54.6 Å². The van der Waals surface area contributed by atoms with Crippen LogP contribution in [0.4, 0.5) is 5.69 Å². The summed E-state index contributed by atoms with van der Waals surface area (Å²) in [5.74, 6) is 0.0221. The van der Waals surface area contributed by atoms with Gasteiger partial charge in [-0.2, -0.15) is 10.2 Å². The highest BCUT2D eigenvalue weighted by Gasteiger charge is 2.18. The van der Waals surface area contributed by atoms with E-state index in [1.165, 1.54) is 17.7 Å². The van der Waals surface area contributed by atoms with E-state index in [2.05, 4.69) is 10.3 Å². The third-order valence-electron chi connectivity index (χ3n) is 4.77. The molecular weight excluding hydrogens is 456 g/mol. The van der Waals surface area contributed by atoms with Crippen LogP contribution in [0.1, 0.15) is 5.56 Å². The number of halogens is 1. The van der Waals surface area contributed by atoms with Gasteiger partial charge in [0, 0.05) is 11.2 Å². The molecule has 34 heavy (non-hydrogen) atoms. The highest BCUT2D eigenvalue weighted by Crippen LogP contribution is 2.26. The molecule has 4 rings (SSSR count). The van der Waals surface area contributed by atoms with Crippen LogP contribution in [0, 0.1) is 11.3 Å². The first kappa shape index (κ1) is 22.6. The standard InChI is InChI=1S/C25H17ClN4O4/c1-33-21-7-3-2-6-20(21)28-23(31)16(15-27)14-19-24(34-18-11-9-17(26)10-12-18)29-22-8-4-5-13-30(22)25(19)32/h2-14H,1H3,(H,28,31)/b16-14-. The molecule has 2 aromatic heterocycles. The number of amides is 1. The van der Waals surface area contributed by atoms with Gasteiger partial charge in [-0.25, -0.2) is 0 Å². The minimum absolute atomic E-state index is 0.0589. The van der Waals surface area contributed by atoms with Gasteiger partial charge in [-0.15, -0.1) is 0 Å². The van der Waals surface area contributed by atoms with Crippen molar-refractivity contribution in [1.29, 1.82) is 5.26 Å². The number of carbonyl (C=O) groups is 1. The number of hydrogen-bond acceptors (Lipinski definition) is 6. The molecule has 0 saturated carbocycles. The molecule has 0 fully saturated rings. The smallest absolute Gasteiger partial charge is 0.269 e. The number of aromatic nitrogens is 2. The zero-order chi connectivity index (χ0) is 24.1. The van der Waals surface area contributed by atoms with Crippen molar-refractivity contribution >= 4 is 34.9 Å². The Morgan fingerprint density at radius 3 is 2.59 bits per heavy atom. The summed E-state index contributed by atoms with van der Waals surface area (Å²) < 4.78 is 12.4. The molecular formula is C25H17ClN4O4. The van der Waals surface area contributed by atoms with E-state index in [1.807, 2.05) is 6.07 Å². The van der Waals surface area contributed by atoms with Crippen molar-refractivity contribution in [3.63, 3.8) is 0 Å². The molecule has 2 heterocycles. The van der Waals surface area contributed by atoms with Gasteiger partial charge < -0.3 is 14.8 Å². The molecule has 0 atom stereocenters. The summed E-state index contributed by atoms with van der Waals surface area (Å²) >= 11 is 5.94. The third-order valence-corrected chi connectivity index (χ3v) is 5.02. The zero-order valence-electron chi connectivity index (χ0n) is 17.9. The van der Waals surface area contributed by atoms with Crippen LogP contribution in [0.5, 0.6) is 17.4 Å². The Labute approximate surface area is 199 Å². The summed E-state index contributed by atoms with van der Waals surface area (Å²) in [6.45, 7) is 0. The van der Waals surface area contributed by atoms with E-state index in [9.17, 15) is 14.9 Å². The number of ether oxygens (including phenoxy) is 2. The minimum Gasteiger partial charge on any atom is -0.495 e. The van der Waals surface area contributed by atoms with Crippen molar-refractivity contribution in [2.75, 3.05) is 12.4 Å². The number of para-hydroxylation sites is 2. The van der Waals surface area contributed by atoms with Crippen LogP contribution < -0.4 is 20.3 Å². The quantitative estimate of drug-likeness (QED) is 0.322. The summed E-state index contributed by atoms with van der Waals surface area (Å²) in [5.41, 5.74) is -0.174. The lowest BCUT2D eigenvalue weighted by Crippen LogP contribution is -2.20. The van der Waals surface area contributed by atoms with Gasteiger partial charge in [0.25, 0.3) is 11.5 Å². The Hall–Kier alpha value is -4.61. The molecule has 0 aliphatic carbocycles. The molecule has 168 valence electrons. The lowest BCUT2D eigenvalue weighted by molar-refractivity contribution is -0.112. The topological polar surface area (TPSA) is 106 Å². The average Bonchev–Trinajstić information content (AvgIpc) is 2.85. The molecule has 0 saturated heterocycles. The van der Waals surface area contributed by atoms with Crippen LogP contribution in [0.2, 0.25) is 5.02 Å². The maximum atomic E-state index is 13.2. The molecule has 8 nitrogen and oxygen atoms in total. The van der Waals surface area contributed by atoms with Crippen LogP contribution in [0.3, 0.4) is 0 Å². The number of nitriles is 1. The monoisotopic (exact) mass is 472 g/mol. The van der Waals surface area contributed by atoms with Gasteiger partial charge >= 0.3 is 0 Å². The lowest BCUT2D eigenvalue weighted by atomic mass is 10.1. The van der Waals surface area contributed by atoms with Crippen LogP contribution >= 0.6 is 11.6 Å². The lowest BCUT2D eigenvalue weighted by Gasteiger charge is -2.11. The first-order valence-electron chi connectivity index (χ1n) is 10.0. The third kappa shape index (κ3) is 4.75. The normalized spacial score (nSPS) is 11.0. The molecule has 0 radical (unpaired) electrons. The summed E-state index contributed by atoms with van der Waals surface area (Å²) in [6.07, 6.45) is 2.69. The van der Waals surface area contributed by atoms with Crippen molar-refractivity contribution < 1.29 is 14.3 Å². The van der Waals surface area contributed by atoms with E-state index in [1.54, 1.807) is 66.7 Å². The number of hydrogen-bond donors (Lipinski definition) is 1. The highest BCUT2D eigenvalue weighted by molar-refractivity contribution is 6.30. The molecule has 0 spiro atoms. The Morgan fingerprint density at radius 1 is 1.12 bits per heavy atom. The second-order valence-electron chi connectivity index (χ2n) is 6.94. The van der Waals surface area contributed by atoms with Gasteiger partial charge in [0.15, 0.2) is 0 Å². The Kier molecular flexibility index (Phi) is 6.57. The number of nitrogens with zero attached hydrogens (tertiary/aromatic N) is 3. The van der Waals surface area contributed by atoms with Gasteiger partial charge in [0.1, 0.15) is 34.4 Å². The maximum absolute atomic E-state index is 13.2. The molecule has 9 heteroatoms. The molecule has 0 bridgehead atoms. The average molecular weight is 473 g/mol. The van der Waals surface area contributed by atoms with E-state index >= 15 is 0 Å². The first-order chi connectivity index (χ1) is 16.5. The Bertz CT molecular complexity index is 1500. The number of rotatable bonds is 6. The fourth-order valence-electron chi connectivity index (χ4n) is 3.13. The predicted octanol–water partition coefficient (Wildman–Crippen LogP) is 4.69.